The van der Waals surface area contributed by atoms with Crippen LogP contribution in [0.25, 0.3) is 0 Å². The largest absolute Gasteiger partial charge is 0.299 e. The molecular weight excluding hydrogens is 329 g/mol. The number of aromatic nitrogens is 1. The minimum absolute atomic E-state index is 0.00252. The molecular formula is C19H17F3N2O. The third kappa shape index (κ3) is 3.95. The van der Waals surface area contributed by atoms with Crippen molar-refractivity contribution < 1.29 is 18.0 Å². The second-order valence-corrected chi connectivity index (χ2v) is 6.21. The molecule has 0 unspecified atom stereocenters. The van der Waals surface area contributed by atoms with Gasteiger partial charge in [-0.05, 0) is 35.2 Å². The summed E-state index contributed by atoms with van der Waals surface area (Å²) >= 11 is 0. The van der Waals surface area contributed by atoms with Gasteiger partial charge in [0.2, 0.25) is 0 Å². The van der Waals surface area contributed by atoms with Gasteiger partial charge in [0.1, 0.15) is 17.3 Å². The predicted molar refractivity (Wildman–Crippen MR) is 88.6 cm³/mol. The standard InChI is InChI=1S/C19H17F3N2O/c1-11(12-2-4-14(20)5-3-12)6-16(25)8-15-7-13-9-24-18(19(21)22)17(13)10-23-15/h2-5,7,10-11,19H,6,8-9H2,1H3/t11-/m0/s1. The number of Topliss-reactive ketones (excluding diaryl/α,β-unsaturated/α-hetero) is 1. The molecule has 130 valence electrons. The van der Waals surface area contributed by atoms with Gasteiger partial charge >= 0.3 is 0 Å². The average Bonchev–Trinajstić information content (AvgIpc) is 2.98. The number of hydrogen-bond acceptors (Lipinski definition) is 3. The summed E-state index contributed by atoms with van der Waals surface area (Å²) < 4.78 is 38.6. The topological polar surface area (TPSA) is 42.3 Å². The molecule has 1 aromatic heterocycles. The number of aliphatic imine (C=N–C) groups is 1. The van der Waals surface area contributed by atoms with Crippen LogP contribution in [0.3, 0.4) is 0 Å². The number of alkyl halides is 2. The Bertz CT molecular complexity index is 816. The second kappa shape index (κ2) is 7.17. The highest BCUT2D eigenvalue weighted by Crippen LogP contribution is 2.24. The number of hydrogen-bond donors (Lipinski definition) is 0. The smallest absolute Gasteiger partial charge is 0.280 e. The van der Waals surface area contributed by atoms with E-state index < -0.39 is 6.43 Å². The molecule has 3 nitrogen and oxygen atoms in total. The Morgan fingerprint density at radius 1 is 1.24 bits per heavy atom. The van der Waals surface area contributed by atoms with Crippen molar-refractivity contribution in [1.82, 2.24) is 4.98 Å². The second-order valence-electron chi connectivity index (χ2n) is 6.21. The molecule has 2 aromatic rings. The first-order chi connectivity index (χ1) is 11.9. The SMILES string of the molecule is C[C@@H](CC(=O)Cc1cc2c(cn1)C(C(F)F)=NC2)c1ccc(F)cc1. The number of carbonyl (C=O) groups is 1. The molecule has 0 saturated carbocycles. The van der Waals surface area contributed by atoms with E-state index in [0.29, 0.717) is 23.2 Å². The Morgan fingerprint density at radius 2 is 1.96 bits per heavy atom. The van der Waals surface area contributed by atoms with Gasteiger partial charge in [-0.1, -0.05) is 19.1 Å². The number of benzene rings is 1. The quantitative estimate of drug-likeness (QED) is 0.790. The molecule has 0 radical (unpaired) electrons. The van der Waals surface area contributed by atoms with Crippen LogP contribution in [0.15, 0.2) is 41.5 Å². The highest BCUT2D eigenvalue weighted by atomic mass is 19.3. The van der Waals surface area contributed by atoms with Crippen molar-refractivity contribution in [3.8, 4) is 0 Å². The Kier molecular flexibility index (Phi) is 4.97. The maximum atomic E-state index is 13.0. The van der Waals surface area contributed by atoms with Crippen molar-refractivity contribution in [1.29, 1.82) is 0 Å². The van der Waals surface area contributed by atoms with E-state index in [1.807, 2.05) is 6.92 Å². The number of halogens is 3. The molecule has 6 heteroatoms. The Balaban J connectivity index is 1.63. The van der Waals surface area contributed by atoms with Crippen LogP contribution in [0.4, 0.5) is 13.2 Å². The molecule has 0 fully saturated rings. The van der Waals surface area contributed by atoms with E-state index in [4.69, 9.17) is 0 Å². The van der Waals surface area contributed by atoms with Gasteiger partial charge in [-0.2, -0.15) is 0 Å². The molecule has 1 aliphatic rings. The van der Waals surface area contributed by atoms with E-state index in [1.54, 1.807) is 18.2 Å². The van der Waals surface area contributed by atoms with E-state index in [2.05, 4.69) is 9.98 Å². The lowest BCUT2D eigenvalue weighted by molar-refractivity contribution is -0.118. The molecule has 1 aromatic carbocycles. The molecule has 0 amide bonds. The molecule has 0 N–H and O–H groups in total. The molecule has 1 atom stereocenters. The molecule has 0 saturated heterocycles. The summed E-state index contributed by atoms with van der Waals surface area (Å²) in [7, 11) is 0. The van der Waals surface area contributed by atoms with Gasteiger partial charge in [0.15, 0.2) is 0 Å². The van der Waals surface area contributed by atoms with E-state index >= 15 is 0 Å². The van der Waals surface area contributed by atoms with Crippen LogP contribution >= 0.6 is 0 Å². The number of nitrogens with zero attached hydrogens (tertiary/aromatic N) is 2. The molecule has 0 aliphatic carbocycles. The van der Waals surface area contributed by atoms with E-state index in [-0.39, 0.29) is 36.2 Å². The lowest BCUT2D eigenvalue weighted by Crippen LogP contribution is -2.12. The van der Waals surface area contributed by atoms with Crippen LogP contribution in [0.2, 0.25) is 0 Å². The number of pyridine rings is 1. The number of ketones is 1. The highest BCUT2D eigenvalue weighted by molar-refractivity contribution is 6.05. The lowest BCUT2D eigenvalue weighted by Gasteiger charge is -2.11. The minimum atomic E-state index is -2.62. The zero-order valence-corrected chi connectivity index (χ0v) is 13.7. The minimum Gasteiger partial charge on any atom is -0.299 e. The van der Waals surface area contributed by atoms with Crippen molar-refractivity contribution in [3.05, 3.63) is 64.7 Å². The Labute approximate surface area is 143 Å². The van der Waals surface area contributed by atoms with Gasteiger partial charge in [0.05, 0.1) is 6.54 Å². The van der Waals surface area contributed by atoms with Crippen molar-refractivity contribution in [2.24, 2.45) is 4.99 Å². The lowest BCUT2D eigenvalue weighted by atomic mass is 9.94. The first-order valence-electron chi connectivity index (χ1n) is 8.02. The van der Waals surface area contributed by atoms with Crippen molar-refractivity contribution in [2.45, 2.75) is 38.7 Å². The van der Waals surface area contributed by atoms with Crippen molar-refractivity contribution >= 4 is 11.5 Å². The van der Waals surface area contributed by atoms with Crippen LogP contribution in [-0.2, 0) is 17.8 Å². The summed E-state index contributed by atoms with van der Waals surface area (Å²) in [5.41, 5.74) is 2.27. The fourth-order valence-corrected chi connectivity index (χ4v) is 2.97. The van der Waals surface area contributed by atoms with Crippen LogP contribution in [0, 0.1) is 5.82 Å². The molecule has 2 heterocycles. The Morgan fingerprint density at radius 3 is 2.64 bits per heavy atom. The van der Waals surface area contributed by atoms with Crippen LogP contribution in [-0.4, -0.2) is 22.9 Å². The van der Waals surface area contributed by atoms with Crippen LogP contribution in [0.1, 0.15) is 41.6 Å². The van der Waals surface area contributed by atoms with Crippen molar-refractivity contribution in [2.75, 3.05) is 0 Å². The van der Waals surface area contributed by atoms with E-state index in [0.717, 1.165) is 5.56 Å². The summed E-state index contributed by atoms with van der Waals surface area (Å²) in [6.07, 6.45) is -0.794. The summed E-state index contributed by atoms with van der Waals surface area (Å²) in [6.45, 7) is 2.11. The van der Waals surface area contributed by atoms with Gasteiger partial charge in [-0.15, -0.1) is 0 Å². The summed E-state index contributed by atoms with van der Waals surface area (Å²) in [5, 5.41) is 0. The summed E-state index contributed by atoms with van der Waals surface area (Å²) in [4.78, 5) is 20.2. The van der Waals surface area contributed by atoms with Gasteiger partial charge in [-0.25, -0.2) is 13.2 Å². The van der Waals surface area contributed by atoms with Crippen LogP contribution < -0.4 is 0 Å². The van der Waals surface area contributed by atoms with E-state index in [1.165, 1.54) is 18.3 Å². The van der Waals surface area contributed by atoms with Gasteiger partial charge in [0.25, 0.3) is 6.43 Å². The third-order valence-electron chi connectivity index (χ3n) is 4.30. The van der Waals surface area contributed by atoms with Gasteiger partial charge < -0.3 is 0 Å². The molecule has 0 spiro atoms. The van der Waals surface area contributed by atoms with Crippen molar-refractivity contribution in [3.63, 3.8) is 0 Å². The van der Waals surface area contributed by atoms with Crippen LogP contribution in [0.5, 0.6) is 0 Å². The number of fused-ring (bicyclic) bond motifs is 1. The zero-order valence-electron chi connectivity index (χ0n) is 13.7. The Hall–Kier alpha value is -2.50. The summed E-state index contributed by atoms with van der Waals surface area (Å²) in [5.74, 6) is -0.344. The molecule has 0 bridgehead atoms. The molecule has 1 aliphatic heterocycles. The highest BCUT2D eigenvalue weighted by Gasteiger charge is 2.24. The third-order valence-corrected chi connectivity index (χ3v) is 4.30. The number of rotatable bonds is 6. The number of carbonyl (C=O) groups excluding carboxylic acids is 1. The maximum absolute atomic E-state index is 13.0. The maximum Gasteiger partial charge on any atom is 0.280 e. The normalized spacial score (nSPS) is 14.4. The monoisotopic (exact) mass is 346 g/mol. The summed E-state index contributed by atoms with van der Waals surface area (Å²) in [6, 6.07) is 7.76. The fourth-order valence-electron chi connectivity index (χ4n) is 2.97. The van der Waals surface area contributed by atoms with Gasteiger partial charge in [-0.3, -0.25) is 14.8 Å². The first kappa shape index (κ1) is 17.3. The predicted octanol–water partition coefficient (Wildman–Crippen LogP) is 4.09. The molecule has 3 rings (SSSR count). The zero-order chi connectivity index (χ0) is 18.0. The van der Waals surface area contributed by atoms with E-state index in [9.17, 15) is 18.0 Å². The first-order valence-corrected chi connectivity index (χ1v) is 8.02. The fraction of sp³-hybridized carbons (Fsp3) is 0.316. The van der Waals surface area contributed by atoms with Gasteiger partial charge in [0, 0.05) is 30.3 Å². The molecule has 25 heavy (non-hydrogen) atoms. The average molecular weight is 346 g/mol.